The number of hydrogen-bond donors (Lipinski definition) is 0. The van der Waals surface area contributed by atoms with Gasteiger partial charge in [-0.1, -0.05) is 0 Å². The number of anilines is 2. The number of halogens is 1. The van der Waals surface area contributed by atoms with Crippen LogP contribution in [0.3, 0.4) is 0 Å². The van der Waals surface area contributed by atoms with Crippen molar-refractivity contribution in [3.8, 4) is 11.6 Å². The fourth-order valence-corrected chi connectivity index (χ4v) is 3.96. The van der Waals surface area contributed by atoms with Crippen LogP contribution in [-0.2, 0) is 6.54 Å². The quantitative estimate of drug-likeness (QED) is 0.453. The van der Waals surface area contributed by atoms with Crippen LogP contribution in [0.5, 0.6) is 5.88 Å². The zero-order valence-electron chi connectivity index (χ0n) is 18.7. The van der Waals surface area contributed by atoms with Crippen LogP contribution >= 0.6 is 0 Å². The van der Waals surface area contributed by atoms with E-state index < -0.39 is 0 Å². The number of methoxy groups -OCH3 is 1. The summed E-state index contributed by atoms with van der Waals surface area (Å²) in [5.74, 6) is 1.58. The van der Waals surface area contributed by atoms with E-state index in [0.29, 0.717) is 11.7 Å². The molecule has 33 heavy (non-hydrogen) atoms. The molecule has 0 N–H and O–H groups in total. The van der Waals surface area contributed by atoms with E-state index in [1.165, 1.54) is 12.1 Å². The van der Waals surface area contributed by atoms with Crippen LogP contribution in [-0.4, -0.2) is 42.5 Å². The first-order chi connectivity index (χ1) is 16.0. The third-order valence-corrected chi connectivity index (χ3v) is 5.64. The van der Waals surface area contributed by atoms with E-state index in [-0.39, 0.29) is 11.9 Å². The van der Waals surface area contributed by atoms with Gasteiger partial charge in [0.25, 0.3) is 0 Å². The molecule has 1 atom stereocenters. The number of hydrogen-bond acceptors (Lipinski definition) is 6. The molecular weight excluding hydrogens is 421 g/mol. The SMILES string of the molecule is COc1nc(C=Cc2nc3n(n2)CC[C@@H](C)N3c2ccc(F)cc2)ccc1-n1cnc(C)c1. The second-order valence-corrected chi connectivity index (χ2v) is 8.00. The van der Waals surface area contributed by atoms with Crippen molar-refractivity contribution in [3.63, 3.8) is 0 Å². The first-order valence-electron chi connectivity index (χ1n) is 10.8. The Labute approximate surface area is 191 Å². The van der Waals surface area contributed by atoms with Gasteiger partial charge >= 0.3 is 0 Å². The predicted molar refractivity (Wildman–Crippen MR) is 124 cm³/mol. The van der Waals surface area contributed by atoms with Crippen LogP contribution in [0.1, 0.15) is 30.6 Å². The second kappa shape index (κ2) is 8.50. The van der Waals surface area contributed by atoms with Gasteiger partial charge in [0, 0.05) is 24.5 Å². The number of aryl methyl sites for hydroxylation is 2. The maximum Gasteiger partial charge on any atom is 0.238 e. The molecule has 5 rings (SSSR count). The molecule has 0 unspecified atom stereocenters. The first-order valence-corrected chi connectivity index (χ1v) is 10.8. The van der Waals surface area contributed by atoms with Crippen LogP contribution in [0.25, 0.3) is 17.8 Å². The molecule has 0 bridgehead atoms. The molecule has 8 nitrogen and oxygen atoms in total. The maximum atomic E-state index is 13.4. The Bertz CT molecular complexity index is 1310. The summed E-state index contributed by atoms with van der Waals surface area (Å²) in [4.78, 5) is 15.7. The molecule has 3 aromatic heterocycles. The second-order valence-electron chi connectivity index (χ2n) is 8.00. The lowest BCUT2D eigenvalue weighted by Gasteiger charge is -2.34. The van der Waals surface area contributed by atoms with Crippen LogP contribution in [0, 0.1) is 12.7 Å². The van der Waals surface area contributed by atoms with Gasteiger partial charge in [0.05, 0.1) is 24.8 Å². The summed E-state index contributed by atoms with van der Waals surface area (Å²) in [6.07, 6.45) is 8.27. The van der Waals surface area contributed by atoms with Gasteiger partial charge in [-0.3, -0.25) is 0 Å². The molecule has 9 heteroatoms. The molecule has 0 radical (unpaired) electrons. The van der Waals surface area contributed by atoms with Crippen LogP contribution in [0.15, 0.2) is 48.9 Å². The summed E-state index contributed by atoms with van der Waals surface area (Å²) in [6, 6.07) is 10.5. The minimum absolute atomic E-state index is 0.231. The Morgan fingerprint density at radius 1 is 1.09 bits per heavy atom. The van der Waals surface area contributed by atoms with E-state index in [2.05, 4.69) is 26.9 Å². The van der Waals surface area contributed by atoms with Crippen molar-refractivity contribution in [3.05, 3.63) is 72.0 Å². The summed E-state index contributed by atoms with van der Waals surface area (Å²) in [6.45, 7) is 4.85. The van der Waals surface area contributed by atoms with E-state index in [0.717, 1.165) is 41.7 Å². The molecule has 4 heterocycles. The number of aromatic nitrogens is 6. The predicted octanol–water partition coefficient (Wildman–Crippen LogP) is 4.42. The minimum atomic E-state index is -0.259. The van der Waals surface area contributed by atoms with Gasteiger partial charge < -0.3 is 14.2 Å². The maximum absolute atomic E-state index is 13.4. The average Bonchev–Trinajstić information content (AvgIpc) is 3.44. The minimum Gasteiger partial charge on any atom is -0.479 e. The molecule has 1 aliphatic heterocycles. The summed E-state index contributed by atoms with van der Waals surface area (Å²) >= 11 is 0. The highest BCUT2D eigenvalue weighted by Crippen LogP contribution is 2.32. The van der Waals surface area contributed by atoms with Crippen molar-refractivity contribution in [2.75, 3.05) is 12.0 Å². The largest absolute Gasteiger partial charge is 0.479 e. The van der Waals surface area contributed by atoms with Crippen LogP contribution in [0.2, 0.25) is 0 Å². The molecule has 0 aliphatic carbocycles. The van der Waals surface area contributed by atoms with Crippen molar-refractivity contribution >= 4 is 23.8 Å². The number of fused-ring (bicyclic) bond motifs is 1. The Kier molecular flexibility index (Phi) is 5.37. The van der Waals surface area contributed by atoms with Crippen molar-refractivity contribution in [1.29, 1.82) is 0 Å². The first kappa shape index (κ1) is 20.9. The van der Waals surface area contributed by atoms with E-state index in [9.17, 15) is 4.39 Å². The average molecular weight is 446 g/mol. The number of benzene rings is 1. The molecule has 0 spiro atoms. The third-order valence-electron chi connectivity index (χ3n) is 5.64. The smallest absolute Gasteiger partial charge is 0.238 e. The lowest BCUT2D eigenvalue weighted by Crippen LogP contribution is -2.36. The van der Waals surface area contributed by atoms with Gasteiger partial charge in [0.15, 0.2) is 5.82 Å². The highest BCUT2D eigenvalue weighted by molar-refractivity contribution is 5.67. The summed E-state index contributed by atoms with van der Waals surface area (Å²) in [7, 11) is 1.60. The molecule has 0 amide bonds. The monoisotopic (exact) mass is 445 g/mol. The van der Waals surface area contributed by atoms with Gasteiger partial charge in [-0.25, -0.2) is 19.0 Å². The van der Waals surface area contributed by atoms with E-state index in [4.69, 9.17) is 9.72 Å². The van der Waals surface area contributed by atoms with Crippen LogP contribution in [0.4, 0.5) is 16.0 Å². The zero-order valence-corrected chi connectivity index (χ0v) is 18.7. The van der Waals surface area contributed by atoms with Crippen molar-refractivity contribution < 1.29 is 9.13 Å². The summed E-state index contributed by atoms with van der Waals surface area (Å²) < 4.78 is 22.7. The van der Waals surface area contributed by atoms with Gasteiger partial charge in [0.1, 0.15) is 11.5 Å². The normalized spacial score (nSPS) is 15.8. The van der Waals surface area contributed by atoms with Crippen molar-refractivity contribution in [2.45, 2.75) is 32.9 Å². The van der Waals surface area contributed by atoms with Gasteiger partial charge in [0.2, 0.25) is 11.8 Å². The molecule has 1 aromatic carbocycles. The Balaban J connectivity index is 1.42. The molecule has 1 aliphatic rings. The van der Waals surface area contributed by atoms with Crippen molar-refractivity contribution in [2.24, 2.45) is 0 Å². The van der Waals surface area contributed by atoms with Crippen molar-refractivity contribution in [1.82, 2.24) is 29.3 Å². The van der Waals surface area contributed by atoms with Gasteiger partial charge in [-0.15, -0.1) is 5.10 Å². The molecule has 4 aromatic rings. The fourth-order valence-electron chi connectivity index (χ4n) is 3.96. The molecule has 168 valence electrons. The fraction of sp³-hybridized carbons (Fsp3) is 0.250. The highest BCUT2D eigenvalue weighted by atomic mass is 19.1. The number of ether oxygens (including phenoxy) is 1. The lowest BCUT2D eigenvalue weighted by atomic mass is 10.1. The summed E-state index contributed by atoms with van der Waals surface area (Å²) in [5.41, 5.74) is 3.35. The third kappa shape index (κ3) is 4.09. The molecular formula is C24H24FN7O. The highest BCUT2D eigenvalue weighted by Gasteiger charge is 2.27. The standard InChI is InChI=1S/C24H24FN7O/c1-16-14-30(15-26-16)21-10-6-19(27-23(21)33-3)7-11-22-28-24-31(29-22)13-12-17(2)32(24)20-8-4-18(25)5-9-20/h4-11,14-15,17H,12-13H2,1-3H3/t17-/m1/s1. The molecule has 0 saturated carbocycles. The van der Waals surface area contributed by atoms with E-state index in [1.54, 1.807) is 25.6 Å². The number of rotatable bonds is 5. The Morgan fingerprint density at radius 2 is 1.91 bits per heavy atom. The zero-order chi connectivity index (χ0) is 22.9. The number of pyridine rings is 1. The number of imidazole rings is 1. The van der Waals surface area contributed by atoms with E-state index in [1.807, 2.05) is 46.7 Å². The lowest BCUT2D eigenvalue weighted by molar-refractivity contribution is 0.395. The molecule has 0 fully saturated rings. The van der Waals surface area contributed by atoms with Gasteiger partial charge in [-0.05, 0) is 68.8 Å². The van der Waals surface area contributed by atoms with E-state index >= 15 is 0 Å². The van der Waals surface area contributed by atoms with Crippen LogP contribution < -0.4 is 9.64 Å². The number of nitrogens with zero attached hydrogens (tertiary/aromatic N) is 7. The Morgan fingerprint density at radius 3 is 2.64 bits per heavy atom. The van der Waals surface area contributed by atoms with Gasteiger partial charge in [-0.2, -0.15) is 4.98 Å². The summed E-state index contributed by atoms with van der Waals surface area (Å²) in [5, 5.41) is 4.64. The molecule has 0 saturated heterocycles. The topological polar surface area (TPSA) is 73.9 Å². The Hall–Kier alpha value is -4.01.